The van der Waals surface area contributed by atoms with Crippen LogP contribution in [-0.2, 0) is 26.4 Å². The molecule has 0 bridgehead atoms. The standard InChI is InChI=1S/C14H27N3O/c1-6-12-11(13(7-2)17(5)16-12)8-15-9-14(18)10(3)4/h10,14-15,18H,6-9H2,1-5H3. The highest BCUT2D eigenvalue weighted by atomic mass is 16.3. The summed E-state index contributed by atoms with van der Waals surface area (Å²) in [6.45, 7) is 9.79. The monoisotopic (exact) mass is 253 g/mol. The number of hydrogen-bond donors (Lipinski definition) is 2. The van der Waals surface area contributed by atoms with Crippen molar-refractivity contribution in [1.29, 1.82) is 0 Å². The molecule has 1 heterocycles. The van der Waals surface area contributed by atoms with Gasteiger partial charge in [0.05, 0.1) is 11.8 Å². The van der Waals surface area contributed by atoms with Crippen LogP contribution in [0, 0.1) is 5.92 Å². The molecule has 0 aromatic carbocycles. The van der Waals surface area contributed by atoms with E-state index in [2.05, 4.69) is 24.3 Å². The van der Waals surface area contributed by atoms with Gasteiger partial charge in [0.1, 0.15) is 0 Å². The summed E-state index contributed by atoms with van der Waals surface area (Å²) in [4.78, 5) is 0. The average Bonchev–Trinajstić information content (AvgIpc) is 2.64. The Hall–Kier alpha value is -0.870. The van der Waals surface area contributed by atoms with E-state index in [1.54, 1.807) is 0 Å². The number of aryl methyl sites for hydroxylation is 2. The van der Waals surface area contributed by atoms with Crippen molar-refractivity contribution in [2.24, 2.45) is 13.0 Å². The van der Waals surface area contributed by atoms with Crippen LogP contribution in [0.4, 0.5) is 0 Å². The Morgan fingerprint density at radius 3 is 2.44 bits per heavy atom. The molecule has 0 aliphatic carbocycles. The quantitative estimate of drug-likeness (QED) is 0.777. The Kier molecular flexibility index (Phi) is 5.82. The summed E-state index contributed by atoms with van der Waals surface area (Å²) in [5, 5.41) is 17.7. The van der Waals surface area contributed by atoms with Crippen molar-refractivity contribution in [2.45, 2.75) is 53.2 Å². The number of nitrogens with zero attached hydrogens (tertiary/aromatic N) is 2. The van der Waals surface area contributed by atoms with Gasteiger partial charge in [-0.05, 0) is 18.8 Å². The molecule has 2 N–H and O–H groups in total. The van der Waals surface area contributed by atoms with Crippen LogP contribution in [0.1, 0.15) is 44.6 Å². The van der Waals surface area contributed by atoms with E-state index in [1.165, 1.54) is 17.0 Å². The van der Waals surface area contributed by atoms with Crippen molar-refractivity contribution in [3.05, 3.63) is 17.0 Å². The molecule has 104 valence electrons. The number of rotatable bonds is 7. The van der Waals surface area contributed by atoms with Crippen LogP contribution < -0.4 is 5.32 Å². The minimum atomic E-state index is -0.281. The lowest BCUT2D eigenvalue weighted by molar-refractivity contribution is 0.123. The zero-order chi connectivity index (χ0) is 13.7. The lowest BCUT2D eigenvalue weighted by Gasteiger charge is -2.15. The summed E-state index contributed by atoms with van der Waals surface area (Å²) in [7, 11) is 2.00. The predicted molar refractivity (Wildman–Crippen MR) is 74.5 cm³/mol. The van der Waals surface area contributed by atoms with E-state index in [9.17, 15) is 5.11 Å². The smallest absolute Gasteiger partial charge is 0.0687 e. The third-order valence-corrected chi connectivity index (χ3v) is 3.45. The first-order valence-electron chi connectivity index (χ1n) is 6.93. The van der Waals surface area contributed by atoms with Gasteiger partial charge in [0.25, 0.3) is 0 Å². The molecule has 18 heavy (non-hydrogen) atoms. The fourth-order valence-electron chi connectivity index (χ4n) is 2.17. The Morgan fingerprint density at radius 1 is 1.28 bits per heavy atom. The number of aliphatic hydroxyl groups is 1. The van der Waals surface area contributed by atoms with Crippen LogP contribution in [-0.4, -0.2) is 27.5 Å². The van der Waals surface area contributed by atoms with Gasteiger partial charge in [-0.3, -0.25) is 4.68 Å². The van der Waals surface area contributed by atoms with E-state index in [1.807, 2.05) is 25.6 Å². The number of aliphatic hydroxyl groups excluding tert-OH is 1. The van der Waals surface area contributed by atoms with E-state index in [4.69, 9.17) is 0 Å². The van der Waals surface area contributed by atoms with Crippen molar-refractivity contribution >= 4 is 0 Å². The first-order valence-corrected chi connectivity index (χ1v) is 6.93. The topological polar surface area (TPSA) is 50.1 Å². The Bertz CT molecular complexity index is 371. The van der Waals surface area contributed by atoms with Gasteiger partial charge in [-0.25, -0.2) is 0 Å². The second-order valence-electron chi connectivity index (χ2n) is 5.14. The van der Waals surface area contributed by atoms with Crippen LogP contribution in [0.3, 0.4) is 0 Å². The van der Waals surface area contributed by atoms with Crippen molar-refractivity contribution in [3.63, 3.8) is 0 Å². The van der Waals surface area contributed by atoms with E-state index < -0.39 is 0 Å². The molecule has 0 fully saturated rings. The normalized spacial score (nSPS) is 13.3. The van der Waals surface area contributed by atoms with Crippen LogP contribution in [0.15, 0.2) is 0 Å². The van der Waals surface area contributed by atoms with E-state index in [0.717, 1.165) is 19.4 Å². The van der Waals surface area contributed by atoms with Crippen molar-refractivity contribution in [2.75, 3.05) is 6.54 Å². The maximum Gasteiger partial charge on any atom is 0.0687 e. The van der Waals surface area contributed by atoms with Crippen molar-refractivity contribution < 1.29 is 5.11 Å². The van der Waals surface area contributed by atoms with Gasteiger partial charge < -0.3 is 10.4 Å². The zero-order valence-electron chi connectivity index (χ0n) is 12.3. The molecule has 1 aromatic heterocycles. The molecule has 0 aliphatic heterocycles. The van der Waals surface area contributed by atoms with Crippen LogP contribution in [0.25, 0.3) is 0 Å². The third kappa shape index (κ3) is 3.56. The molecule has 1 rings (SSSR count). The Balaban J connectivity index is 2.66. The summed E-state index contributed by atoms with van der Waals surface area (Å²) < 4.78 is 1.98. The average molecular weight is 253 g/mol. The third-order valence-electron chi connectivity index (χ3n) is 3.45. The fraction of sp³-hybridized carbons (Fsp3) is 0.786. The highest BCUT2D eigenvalue weighted by Gasteiger charge is 2.14. The van der Waals surface area contributed by atoms with Crippen molar-refractivity contribution in [3.8, 4) is 0 Å². The Morgan fingerprint density at radius 2 is 1.94 bits per heavy atom. The number of aromatic nitrogens is 2. The van der Waals surface area contributed by atoms with E-state index >= 15 is 0 Å². The molecule has 1 atom stereocenters. The van der Waals surface area contributed by atoms with Gasteiger partial charge in [-0.15, -0.1) is 0 Å². The molecule has 0 amide bonds. The van der Waals surface area contributed by atoms with Crippen LogP contribution in [0.2, 0.25) is 0 Å². The summed E-state index contributed by atoms with van der Waals surface area (Å²) in [5.41, 5.74) is 3.76. The largest absolute Gasteiger partial charge is 0.392 e. The molecular weight excluding hydrogens is 226 g/mol. The number of hydrogen-bond acceptors (Lipinski definition) is 3. The first kappa shape index (κ1) is 15.2. The minimum Gasteiger partial charge on any atom is -0.392 e. The van der Waals surface area contributed by atoms with Gasteiger partial charge in [0.2, 0.25) is 0 Å². The van der Waals surface area contributed by atoms with Gasteiger partial charge >= 0.3 is 0 Å². The highest BCUT2D eigenvalue weighted by molar-refractivity contribution is 5.26. The van der Waals surface area contributed by atoms with Gasteiger partial charge in [-0.2, -0.15) is 5.10 Å². The summed E-state index contributed by atoms with van der Waals surface area (Å²) >= 11 is 0. The van der Waals surface area contributed by atoms with Gasteiger partial charge in [0, 0.05) is 31.4 Å². The van der Waals surface area contributed by atoms with Crippen LogP contribution >= 0.6 is 0 Å². The second-order valence-corrected chi connectivity index (χ2v) is 5.14. The molecule has 4 heteroatoms. The maximum atomic E-state index is 9.78. The maximum absolute atomic E-state index is 9.78. The molecule has 0 radical (unpaired) electrons. The molecule has 1 aromatic rings. The first-order chi connectivity index (χ1) is 8.51. The molecule has 0 aliphatic rings. The molecule has 0 spiro atoms. The van der Waals surface area contributed by atoms with Crippen LogP contribution in [0.5, 0.6) is 0 Å². The predicted octanol–water partition coefficient (Wildman–Crippen LogP) is 1.65. The summed E-state index contributed by atoms with van der Waals surface area (Å²) in [5.74, 6) is 0.294. The zero-order valence-corrected chi connectivity index (χ0v) is 12.3. The molecular formula is C14H27N3O. The fourth-order valence-corrected chi connectivity index (χ4v) is 2.17. The van der Waals surface area contributed by atoms with Gasteiger partial charge in [0.15, 0.2) is 0 Å². The summed E-state index contributed by atoms with van der Waals surface area (Å²) in [6.07, 6.45) is 1.67. The van der Waals surface area contributed by atoms with E-state index in [0.29, 0.717) is 12.5 Å². The Labute approximate surface area is 110 Å². The molecule has 4 nitrogen and oxygen atoms in total. The lowest BCUT2D eigenvalue weighted by atomic mass is 10.1. The minimum absolute atomic E-state index is 0.281. The van der Waals surface area contributed by atoms with Gasteiger partial charge in [-0.1, -0.05) is 27.7 Å². The SMILES string of the molecule is CCc1nn(C)c(CC)c1CNCC(O)C(C)C. The molecule has 0 saturated heterocycles. The molecule has 1 unspecified atom stereocenters. The lowest BCUT2D eigenvalue weighted by Crippen LogP contribution is -2.30. The number of nitrogens with one attached hydrogen (secondary N) is 1. The summed E-state index contributed by atoms with van der Waals surface area (Å²) in [6, 6.07) is 0. The molecule has 0 saturated carbocycles. The van der Waals surface area contributed by atoms with E-state index in [-0.39, 0.29) is 6.10 Å². The van der Waals surface area contributed by atoms with Crippen molar-refractivity contribution in [1.82, 2.24) is 15.1 Å². The highest BCUT2D eigenvalue weighted by Crippen LogP contribution is 2.15. The second kappa shape index (κ2) is 6.90.